The van der Waals surface area contributed by atoms with Crippen LogP contribution in [0.5, 0.6) is 17.2 Å². The van der Waals surface area contributed by atoms with Crippen molar-refractivity contribution in [1.82, 2.24) is 0 Å². The second-order valence-corrected chi connectivity index (χ2v) is 4.60. The standard InChI is InChI=1S/C14H18N2O3/c1-10(16)6-11-7-13-14(19-9-18-13)8-12(11)17-5-3-2-4-15/h7-8,10H,2-3,5-6,9,16H2,1H3. The molecular formula is C14H18N2O3. The van der Waals surface area contributed by atoms with E-state index in [9.17, 15) is 0 Å². The molecule has 2 rings (SSSR count). The van der Waals surface area contributed by atoms with Crippen LogP contribution < -0.4 is 19.9 Å². The molecule has 1 aliphatic rings. The number of unbranched alkanes of at least 4 members (excludes halogenated alkanes) is 1. The molecule has 1 unspecified atom stereocenters. The molecule has 19 heavy (non-hydrogen) atoms. The maximum absolute atomic E-state index is 8.51. The molecular weight excluding hydrogens is 244 g/mol. The summed E-state index contributed by atoms with van der Waals surface area (Å²) in [4.78, 5) is 0. The van der Waals surface area contributed by atoms with Gasteiger partial charge in [-0.3, -0.25) is 0 Å². The number of fused-ring (bicyclic) bond motifs is 1. The normalized spacial score (nSPS) is 13.9. The summed E-state index contributed by atoms with van der Waals surface area (Å²) in [6.07, 6.45) is 1.92. The number of ether oxygens (including phenoxy) is 3. The molecule has 0 bridgehead atoms. The molecule has 0 aliphatic carbocycles. The molecule has 1 atom stereocenters. The van der Waals surface area contributed by atoms with Crippen LogP contribution in [-0.2, 0) is 6.42 Å². The van der Waals surface area contributed by atoms with Crippen molar-refractivity contribution in [2.24, 2.45) is 5.73 Å². The maximum Gasteiger partial charge on any atom is 0.231 e. The number of hydrogen-bond donors (Lipinski definition) is 1. The van der Waals surface area contributed by atoms with Gasteiger partial charge in [0.25, 0.3) is 0 Å². The van der Waals surface area contributed by atoms with E-state index in [1.807, 2.05) is 19.1 Å². The molecule has 1 aromatic rings. The van der Waals surface area contributed by atoms with E-state index < -0.39 is 0 Å². The summed E-state index contributed by atoms with van der Waals surface area (Å²) in [5.74, 6) is 2.20. The zero-order valence-electron chi connectivity index (χ0n) is 11.0. The first-order chi connectivity index (χ1) is 9.20. The Labute approximate surface area is 112 Å². The predicted molar refractivity (Wildman–Crippen MR) is 70.3 cm³/mol. The molecule has 0 radical (unpaired) electrons. The summed E-state index contributed by atoms with van der Waals surface area (Å²) in [7, 11) is 0. The molecule has 0 saturated carbocycles. The average Bonchev–Trinajstić information content (AvgIpc) is 2.81. The Hall–Kier alpha value is -1.93. The lowest BCUT2D eigenvalue weighted by Crippen LogP contribution is -2.18. The Morgan fingerprint density at radius 2 is 2.16 bits per heavy atom. The summed E-state index contributed by atoms with van der Waals surface area (Å²) in [5, 5.41) is 8.51. The van der Waals surface area contributed by atoms with Gasteiger partial charge in [0.1, 0.15) is 5.75 Å². The lowest BCUT2D eigenvalue weighted by Gasteiger charge is -2.13. The van der Waals surface area contributed by atoms with Crippen molar-refractivity contribution in [2.75, 3.05) is 13.4 Å². The molecule has 0 aromatic heterocycles. The van der Waals surface area contributed by atoms with E-state index >= 15 is 0 Å². The van der Waals surface area contributed by atoms with Gasteiger partial charge < -0.3 is 19.9 Å². The molecule has 0 amide bonds. The quantitative estimate of drug-likeness (QED) is 0.793. The maximum atomic E-state index is 8.51. The fourth-order valence-electron chi connectivity index (χ4n) is 1.94. The van der Waals surface area contributed by atoms with Crippen molar-refractivity contribution < 1.29 is 14.2 Å². The van der Waals surface area contributed by atoms with E-state index in [1.165, 1.54) is 0 Å². The highest BCUT2D eigenvalue weighted by atomic mass is 16.7. The van der Waals surface area contributed by atoms with Crippen LogP contribution in [0.3, 0.4) is 0 Å². The summed E-state index contributed by atoms with van der Waals surface area (Å²) in [6.45, 7) is 2.70. The van der Waals surface area contributed by atoms with Gasteiger partial charge in [-0.25, -0.2) is 0 Å². The lowest BCUT2D eigenvalue weighted by molar-refractivity contribution is 0.173. The van der Waals surface area contributed by atoms with E-state index in [0.29, 0.717) is 31.6 Å². The zero-order valence-corrected chi connectivity index (χ0v) is 11.0. The SMILES string of the molecule is CC(N)Cc1cc2c(cc1OCCCC#N)OCO2. The Balaban J connectivity index is 2.12. The zero-order chi connectivity index (χ0) is 13.7. The van der Waals surface area contributed by atoms with Crippen LogP contribution in [0.15, 0.2) is 12.1 Å². The predicted octanol–water partition coefficient (Wildman–Crippen LogP) is 1.99. The largest absolute Gasteiger partial charge is 0.493 e. The van der Waals surface area contributed by atoms with Gasteiger partial charge in [-0.05, 0) is 31.4 Å². The Morgan fingerprint density at radius 1 is 1.42 bits per heavy atom. The topological polar surface area (TPSA) is 77.5 Å². The molecule has 1 aromatic carbocycles. The summed E-state index contributed by atoms with van der Waals surface area (Å²) >= 11 is 0. The number of nitrogens with zero attached hydrogens (tertiary/aromatic N) is 1. The second-order valence-electron chi connectivity index (χ2n) is 4.60. The highest BCUT2D eigenvalue weighted by molar-refractivity contribution is 5.52. The van der Waals surface area contributed by atoms with E-state index in [1.54, 1.807) is 0 Å². The van der Waals surface area contributed by atoms with Crippen molar-refractivity contribution in [3.05, 3.63) is 17.7 Å². The number of hydrogen-bond acceptors (Lipinski definition) is 5. The monoisotopic (exact) mass is 262 g/mol. The second kappa shape index (κ2) is 6.30. The molecule has 1 aliphatic heterocycles. The van der Waals surface area contributed by atoms with Crippen LogP contribution in [0, 0.1) is 11.3 Å². The van der Waals surface area contributed by atoms with Crippen LogP contribution >= 0.6 is 0 Å². The minimum Gasteiger partial charge on any atom is -0.493 e. The van der Waals surface area contributed by atoms with Crippen molar-refractivity contribution in [1.29, 1.82) is 5.26 Å². The third-order valence-electron chi connectivity index (χ3n) is 2.79. The molecule has 0 saturated heterocycles. The van der Waals surface area contributed by atoms with Gasteiger partial charge in [-0.15, -0.1) is 0 Å². The molecule has 2 N–H and O–H groups in total. The van der Waals surface area contributed by atoms with Gasteiger partial charge in [-0.1, -0.05) is 0 Å². The van der Waals surface area contributed by atoms with Crippen molar-refractivity contribution >= 4 is 0 Å². The van der Waals surface area contributed by atoms with Gasteiger partial charge in [0.05, 0.1) is 12.7 Å². The molecule has 0 fully saturated rings. The Kier molecular flexibility index (Phi) is 4.48. The van der Waals surface area contributed by atoms with Gasteiger partial charge in [0, 0.05) is 18.5 Å². The smallest absolute Gasteiger partial charge is 0.231 e. The fourth-order valence-corrected chi connectivity index (χ4v) is 1.94. The van der Waals surface area contributed by atoms with E-state index in [-0.39, 0.29) is 12.8 Å². The third-order valence-corrected chi connectivity index (χ3v) is 2.79. The van der Waals surface area contributed by atoms with Crippen molar-refractivity contribution in [3.8, 4) is 23.3 Å². The van der Waals surface area contributed by atoms with Crippen molar-refractivity contribution in [3.63, 3.8) is 0 Å². The average molecular weight is 262 g/mol. The molecule has 5 nitrogen and oxygen atoms in total. The Bertz CT molecular complexity index is 480. The first kappa shape index (κ1) is 13.5. The molecule has 102 valence electrons. The number of nitriles is 1. The van der Waals surface area contributed by atoms with Crippen molar-refractivity contribution in [2.45, 2.75) is 32.2 Å². The van der Waals surface area contributed by atoms with Crippen LogP contribution in [-0.4, -0.2) is 19.4 Å². The van der Waals surface area contributed by atoms with Crippen LogP contribution in [0.1, 0.15) is 25.3 Å². The number of benzene rings is 1. The fraction of sp³-hybridized carbons (Fsp3) is 0.500. The van der Waals surface area contributed by atoms with E-state index in [0.717, 1.165) is 17.1 Å². The van der Waals surface area contributed by atoms with E-state index in [4.69, 9.17) is 25.2 Å². The van der Waals surface area contributed by atoms with Crippen LogP contribution in [0.25, 0.3) is 0 Å². The molecule has 5 heteroatoms. The highest BCUT2D eigenvalue weighted by Gasteiger charge is 2.18. The Morgan fingerprint density at radius 3 is 2.84 bits per heavy atom. The summed E-state index contributed by atoms with van der Waals surface area (Å²) in [5.41, 5.74) is 6.85. The van der Waals surface area contributed by atoms with Gasteiger partial charge in [-0.2, -0.15) is 5.26 Å². The summed E-state index contributed by atoms with van der Waals surface area (Å²) < 4.78 is 16.4. The molecule has 1 heterocycles. The van der Waals surface area contributed by atoms with Gasteiger partial charge >= 0.3 is 0 Å². The first-order valence-electron chi connectivity index (χ1n) is 6.38. The van der Waals surface area contributed by atoms with Crippen LogP contribution in [0.4, 0.5) is 0 Å². The number of rotatable bonds is 6. The van der Waals surface area contributed by atoms with Gasteiger partial charge in [0.2, 0.25) is 6.79 Å². The molecule has 0 spiro atoms. The third kappa shape index (κ3) is 3.52. The first-order valence-corrected chi connectivity index (χ1v) is 6.38. The minimum absolute atomic E-state index is 0.0434. The van der Waals surface area contributed by atoms with E-state index in [2.05, 4.69) is 6.07 Å². The van der Waals surface area contributed by atoms with Crippen LogP contribution in [0.2, 0.25) is 0 Å². The lowest BCUT2D eigenvalue weighted by atomic mass is 10.1. The summed E-state index contributed by atoms with van der Waals surface area (Å²) in [6, 6.07) is 5.90. The number of nitrogens with two attached hydrogens (primary N) is 1. The van der Waals surface area contributed by atoms with Gasteiger partial charge in [0.15, 0.2) is 11.5 Å². The minimum atomic E-state index is 0.0434. The highest BCUT2D eigenvalue weighted by Crippen LogP contribution is 2.38.